The topological polar surface area (TPSA) is 69.9 Å². The van der Waals surface area contributed by atoms with Gasteiger partial charge in [0.05, 0.1) is 12.3 Å². The summed E-state index contributed by atoms with van der Waals surface area (Å²) in [6, 6.07) is 5.75. The van der Waals surface area contributed by atoms with Crippen LogP contribution in [0.15, 0.2) is 24.3 Å². The van der Waals surface area contributed by atoms with E-state index in [2.05, 4.69) is 20.3 Å². The largest absolute Gasteiger partial charge is 0.457 e. The molecule has 0 aliphatic rings. The Bertz CT molecular complexity index is 497. The molecule has 6 nitrogen and oxygen atoms in total. The summed E-state index contributed by atoms with van der Waals surface area (Å²) in [5, 5.41) is 11.1. The van der Waals surface area contributed by atoms with Gasteiger partial charge >= 0.3 is 6.47 Å². The maximum absolute atomic E-state index is 12.8. The number of rotatable bonds is 5. The number of hydrogen-bond donors (Lipinski definition) is 0. The third-order valence-electron chi connectivity index (χ3n) is 2.09. The quantitative estimate of drug-likeness (QED) is 0.703. The molecule has 0 bridgehead atoms. The molecule has 0 aliphatic carbocycles. The van der Waals surface area contributed by atoms with Gasteiger partial charge in [0.2, 0.25) is 0 Å². The summed E-state index contributed by atoms with van der Waals surface area (Å²) in [4.78, 5) is 9.88. The summed E-state index contributed by atoms with van der Waals surface area (Å²) >= 11 is 0. The standard InChI is InChI=1S/C10H8FN4O2/c11-8-1-3-9(4-2-8)15-10(12-13-14-15)5-6-17-7-16/h1-4H,5-6H2. The molecule has 1 heterocycles. The second-order valence-corrected chi connectivity index (χ2v) is 3.17. The Morgan fingerprint density at radius 3 is 2.82 bits per heavy atom. The van der Waals surface area contributed by atoms with Gasteiger partial charge in [-0.15, -0.1) is 5.10 Å². The van der Waals surface area contributed by atoms with Gasteiger partial charge in [-0.05, 0) is 34.7 Å². The molecule has 0 aliphatic heterocycles. The van der Waals surface area contributed by atoms with E-state index in [0.717, 1.165) is 0 Å². The number of halogens is 1. The Kier molecular flexibility index (Phi) is 3.39. The molecular formula is C10H8FN4O2. The molecule has 2 aromatic rings. The molecule has 17 heavy (non-hydrogen) atoms. The van der Waals surface area contributed by atoms with E-state index in [9.17, 15) is 9.18 Å². The van der Waals surface area contributed by atoms with E-state index >= 15 is 0 Å². The molecular weight excluding hydrogens is 227 g/mol. The molecule has 87 valence electrons. The van der Waals surface area contributed by atoms with Crippen molar-refractivity contribution in [2.24, 2.45) is 0 Å². The smallest absolute Gasteiger partial charge is 0.417 e. The Morgan fingerprint density at radius 2 is 2.12 bits per heavy atom. The van der Waals surface area contributed by atoms with Crippen molar-refractivity contribution in [1.29, 1.82) is 0 Å². The van der Waals surface area contributed by atoms with Gasteiger partial charge in [0.25, 0.3) is 0 Å². The molecule has 0 saturated heterocycles. The Labute approximate surface area is 96.0 Å². The number of benzene rings is 1. The van der Waals surface area contributed by atoms with E-state index in [1.807, 2.05) is 0 Å². The number of carbonyl (C=O) groups excluding carboxylic acids is 1. The van der Waals surface area contributed by atoms with Gasteiger partial charge in [-0.3, -0.25) is 0 Å². The Balaban J connectivity index is 2.18. The van der Waals surface area contributed by atoms with Crippen molar-refractivity contribution < 1.29 is 13.9 Å². The van der Waals surface area contributed by atoms with E-state index in [0.29, 0.717) is 17.9 Å². The summed E-state index contributed by atoms with van der Waals surface area (Å²) in [5.74, 6) is 0.189. The van der Waals surface area contributed by atoms with Crippen LogP contribution in [0, 0.1) is 5.82 Å². The van der Waals surface area contributed by atoms with Gasteiger partial charge in [0.1, 0.15) is 5.82 Å². The van der Waals surface area contributed by atoms with Gasteiger partial charge in [-0.25, -0.2) is 9.18 Å². The molecule has 1 aromatic carbocycles. The summed E-state index contributed by atoms with van der Waals surface area (Å²) in [6.07, 6.45) is 0.361. The highest BCUT2D eigenvalue weighted by Crippen LogP contribution is 2.09. The zero-order chi connectivity index (χ0) is 12.1. The van der Waals surface area contributed by atoms with Crippen LogP contribution in [0.3, 0.4) is 0 Å². The van der Waals surface area contributed by atoms with Gasteiger partial charge in [-0.1, -0.05) is 0 Å². The number of hydrogen-bond acceptors (Lipinski definition) is 5. The normalized spacial score (nSPS) is 10.2. The van der Waals surface area contributed by atoms with E-state index in [4.69, 9.17) is 0 Å². The maximum atomic E-state index is 12.8. The van der Waals surface area contributed by atoms with Crippen LogP contribution in [0.25, 0.3) is 5.69 Å². The highest BCUT2D eigenvalue weighted by atomic mass is 19.1. The minimum absolute atomic E-state index is 0.144. The molecule has 0 N–H and O–H groups in total. The summed E-state index contributed by atoms with van der Waals surface area (Å²) in [6.45, 7) is 1.46. The van der Waals surface area contributed by atoms with Crippen molar-refractivity contribution in [3.63, 3.8) is 0 Å². The van der Waals surface area contributed by atoms with E-state index < -0.39 is 0 Å². The number of nitrogens with zero attached hydrogens (tertiary/aromatic N) is 4. The first-order valence-electron chi connectivity index (χ1n) is 4.83. The first-order chi connectivity index (χ1) is 8.31. The van der Waals surface area contributed by atoms with Crippen LogP contribution in [0.2, 0.25) is 0 Å². The van der Waals surface area contributed by atoms with Crippen molar-refractivity contribution in [2.45, 2.75) is 6.42 Å². The Morgan fingerprint density at radius 1 is 1.35 bits per heavy atom. The van der Waals surface area contributed by atoms with Crippen LogP contribution in [-0.2, 0) is 16.0 Å². The van der Waals surface area contributed by atoms with E-state index in [1.165, 1.54) is 23.3 Å². The van der Waals surface area contributed by atoms with Crippen molar-refractivity contribution in [2.75, 3.05) is 6.61 Å². The van der Waals surface area contributed by atoms with Gasteiger partial charge in [0, 0.05) is 6.42 Å². The molecule has 2 rings (SSSR count). The van der Waals surface area contributed by atoms with Gasteiger partial charge in [0.15, 0.2) is 5.82 Å². The summed E-state index contributed by atoms with van der Waals surface area (Å²) < 4.78 is 18.6. The van der Waals surface area contributed by atoms with Crippen molar-refractivity contribution in [3.05, 3.63) is 35.9 Å². The average molecular weight is 235 g/mol. The van der Waals surface area contributed by atoms with Crippen molar-refractivity contribution in [1.82, 2.24) is 20.2 Å². The average Bonchev–Trinajstić information content (AvgIpc) is 2.79. The Hall–Kier alpha value is -2.31. The number of ether oxygens (including phenoxy) is 1. The minimum atomic E-state index is -0.331. The fourth-order valence-corrected chi connectivity index (χ4v) is 1.33. The lowest BCUT2D eigenvalue weighted by molar-refractivity contribution is 0.278. The van der Waals surface area contributed by atoms with Gasteiger partial charge in [-0.2, -0.15) is 4.68 Å². The first kappa shape index (κ1) is 11.2. The van der Waals surface area contributed by atoms with Crippen LogP contribution >= 0.6 is 0 Å². The zero-order valence-electron chi connectivity index (χ0n) is 8.71. The fraction of sp³-hybridized carbons (Fsp3) is 0.200. The van der Waals surface area contributed by atoms with Crippen molar-refractivity contribution in [3.8, 4) is 5.69 Å². The third kappa shape index (κ3) is 2.63. The van der Waals surface area contributed by atoms with Crippen LogP contribution in [-0.4, -0.2) is 33.3 Å². The molecule has 0 unspecified atom stereocenters. The van der Waals surface area contributed by atoms with E-state index in [1.54, 1.807) is 12.1 Å². The third-order valence-corrected chi connectivity index (χ3v) is 2.09. The monoisotopic (exact) mass is 235 g/mol. The molecule has 0 atom stereocenters. The van der Waals surface area contributed by atoms with Gasteiger partial charge < -0.3 is 4.74 Å². The summed E-state index contributed by atoms with van der Waals surface area (Å²) in [5.41, 5.74) is 0.640. The number of tetrazole rings is 1. The zero-order valence-corrected chi connectivity index (χ0v) is 8.71. The van der Waals surface area contributed by atoms with E-state index in [-0.39, 0.29) is 12.4 Å². The molecule has 1 radical (unpaired) electrons. The highest BCUT2D eigenvalue weighted by Gasteiger charge is 2.08. The molecule has 0 saturated carbocycles. The maximum Gasteiger partial charge on any atom is 0.417 e. The molecule has 0 amide bonds. The predicted molar refractivity (Wildman–Crippen MR) is 54.5 cm³/mol. The van der Waals surface area contributed by atoms with Crippen LogP contribution in [0.1, 0.15) is 5.82 Å². The second-order valence-electron chi connectivity index (χ2n) is 3.17. The SMILES string of the molecule is O=[C]OCCc1nnnn1-c1ccc(F)cc1. The molecule has 0 spiro atoms. The lowest BCUT2D eigenvalue weighted by atomic mass is 10.3. The highest BCUT2D eigenvalue weighted by molar-refractivity contribution is 5.38. The van der Waals surface area contributed by atoms with Crippen LogP contribution < -0.4 is 0 Å². The summed E-state index contributed by atoms with van der Waals surface area (Å²) in [7, 11) is 0. The first-order valence-corrected chi connectivity index (χ1v) is 4.83. The fourth-order valence-electron chi connectivity index (χ4n) is 1.33. The molecule has 0 fully saturated rings. The predicted octanol–water partition coefficient (Wildman–Crippen LogP) is 0.428. The number of aromatic nitrogens is 4. The minimum Gasteiger partial charge on any atom is -0.457 e. The lowest BCUT2D eigenvalue weighted by Gasteiger charge is -2.03. The van der Waals surface area contributed by atoms with Crippen molar-refractivity contribution >= 4 is 6.47 Å². The molecule has 7 heteroatoms. The molecule has 1 aromatic heterocycles. The van der Waals surface area contributed by atoms with Crippen LogP contribution in [0.5, 0.6) is 0 Å². The lowest BCUT2D eigenvalue weighted by Crippen LogP contribution is -2.06. The second kappa shape index (κ2) is 5.15. The van der Waals surface area contributed by atoms with Crippen LogP contribution in [0.4, 0.5) is 4.39 Å².